The fourth-order valence-electron chi connectivity index (χ4n) is 4.07. The van der Waals surface area contributed by atoms with Gasteiger partial charge in [-0.05, 0) is 65.9 Å². The maximum absolute atomic E-state index is 12.9. The zero-order valence-electron chi connectivity index (χ0n) is 17.8. The van der Waals surface area contributed by atoms with Gasteiger partial charge in [-0.25, -0.2) is 0 Å². The third-order valence-corrected chi connectivity index (χ3v) is 5.79. The number of carbonyl (C=O) groups is 2. The molecule has 2 amide bonds. The number of benzene rings is 2. The molecule has 1 aromatic heterocycles. The Morgan fingerprint density at radius 3 is 2.32 bits per heavy atom. The van der Waals surface area contributed by atoms with Crippen molar-refractivity contribution < 1.29 is 9.59 Å². The van der Waals surface area contributed by atoms with Crippen molar-refractivity contribution in [2.75, 3.05) is 7.05 Å². The molecule has 1 aliphatic carbocycles. The predicted molar refractivity (Wildman–Crippen MR) is 122 cm³/mol. The molecule has 5 heteroatoms. The van der Waals surface area contributed by atoms with Crippen LogP contribution in [0, 0.1) is 0 Å². The van der Waals surface area contributed by atoms with Crippen LogP contribution in [0.25, 0.3) is 11.1 Å². The van der Waals surface area contributed by atoms with E-state index in [-0.39, 0.29) is 17.9 Å². The molecule has 0 saturated heterocycles. The van der Waals surface area contributed by atoms with E-state index in [4.69, 9.17) is 0 Å². The van der Waals surface area contributed by atoms with Gasteiger partial charge >= 0.3 is 0 Å². The molecule has 158 valence electrons. The molecular weight excluding hydrogens is 386 g/mol. The highest BCUT2D eigenvalue weighted by molar-refractivity contribution is 5.95. The predicted octanol–water partition coefficient (Wildman–Crippen LogP) is 4.69. The van der Waals surface area contributed by atoms with Crippen LogP contribution in [-0.4, -0.2) is 34.8 Å². The Balaban J connectivity index is 1.40. The van der Waals surface area contributed by atoms with Crippen LogP contribution >= 0.6 is 0 Å². The molecule has 1 aliphatic rings. The van der Waals surface area contributed by atoms with Gasteiger partial charge in [0.15, 0.2) is 0 Å². The first-order valence-electron chi connectivity index (χ1n) is 10.8. The monoisotopic (exact) mass is 413 g/mol. The Morgan fingerprint density at radius 1 is 0.935 bits per heavy atom. The van der Waals surface area contributed by atoms with Gasteiger partial charge in [0.25, 0.3) is 11.8 Å². The maximum atomic E-state index is 12.9. The minimum atomic E-state index is -0.0536. The molecule has 0 spiro atoms. The smallest absolute Gasteiger partial charge is 0.253 e. The van der Waals surface area contributed by atoms with Crippen molar-refractivity contribution in [3.05, 3.63) is 89.7 Å². The summed E-state index contributed by atoms with van der Waals surface area (Å²) in [7, 11) is 1.78. The molecule has 1 N–H and O–H groups in total. The summed E-state index contributed by atoms with van der Waals surface area (Å²) >= 11 is 0. The molecule has 0 bridgehead atoms. The fraction of sp³-hybridized carbons (Fsp3) is 0.269. The summed E-state index contributed by atoms with van der Waals surface area (Å²) in [4.78, 5) is 31.1. The fourth-order valence-corrected chi connectivity index (χ4v) is 4.07. The van der Waals surface area contributed by atoms with E-state index in [2.05, 4.69) is 10.3 Å². The average Bonchev–Trinajstić information content (AvgIpc) is 3.32. The molecule has 5 nitrogen and oxygen atoms in total. The molecule has 0 radical (unpaired) electrons. The lowest BCUT2D eigenvalue weighted by Gasteiger charge is -2.18. The van der Waals surface area contributed by atoms with Crippen LogP contribution in [0.3, 0.4) is 0 Å². The van der Waals surface area contributed by atoms with Gasteiger partial charge in [-0.2, -0.15) is 0 Å². The SMILES string of the molecule is CN(Cc1cccc(C(=O)NC2CCCC2)c1)C(=O)c1ccc(-c2ccncc2)cc1. The lowest BCUT2D eigenvalue weighted by atomic mass is 10.0. The molecule has 0 atom stereocenters. The van der Waals surface area contributed by atoms with Crippen molar-refractivity contribution in [3.63, 3.8) is 0 Å². The number of nitrogens with zero attached hydrogens (tertiary/aromatic N) is 2. The highest BCUT2D eigenvalue weighted by Crippen LogP contribution is 2.20. The van der Waals surface area contributed by atoms with Crippen LogP contribution in [0.1, 0.15) is 52.0 Å². The summed E-state index contributed by atoms with van der Waals surface area (Å²) < 4.78 is 0. The molecule has 1 heterocycles. The molecule has 1 fully saturated rings. The number of amides is 2. The zero-order valence-corrected chi connectivity index (χ0v) is 17.8. The van der Waals surface area contributed by atoms with E-state index in [0.717, 1.165) is 29.5 Å². The number of hydrogen-bond donors (Lipinski definition) is 1. The van der Waals surface area contributed by atoms with E-state index in [0.29, 0.717) is 17.7 Å². The highest BCUT2D eigenvalue weighted by Gasteiger charge is 2.18. The summed E-state index contributed by atoms with van der Waals surface area (Å²) in [5.74, 6) is -0.0866. The van der Waals surface area contributed by atoms with Crippen LogP contribution < -0.4 is 5.32 Å². The van der Waals surface area contributed by atoms with Gasteiger partial charge < -0.3 is 10.2 Å². The Hall–Kier alpha value is -3.47. The minimum Gasteiger partial charge on any atom is -0.349 e. The van der Waals surface area contributed by atoms with Crippen molar-refractivity contribution >= 4 is 11.8 Å². The highest BCUT2D eigenvalue weighted by atomic mass is 16.2. The molecule has 4 rings (SSSR count). The summed E-state index contributed by atoms with van der Waals surface area (Å²) in [6.45, 7) is 0.440. The number of pyridine rings is 1. The standard InChI is InChI=1S/C26H27N3O2/c1-29(26(31)22-11-9-20(10-12-22)21-13-15-27-16-14-21)18-19-5-4-6-23(17-19)25(30)28-24-7-2-3-8-24/h4-6,9-17,24H,2-3,7-8,18H2,1H3,(H,28,30). The van der Waals surface area contributed by atoms with Gasteiger partial charge in [0, 0.05) is 43.2 Å². The quantitative estimate of drug-likeness (QED) is 0.637. The summed E-state index contributed by atoms with van der Waals surface area (Å²) in [6, 6.07) is 19.3. The first-order chi connectivity index (χ1) is 15.1. The third-order valence-electron chi connectivity index (χ3n) is 5.79. The van der Waals surface area contributed by atoms with Gasteiger partial charge in [0.05, 0.1) is 0 Å². The van der Waals surface area contributed by atoms with Crippen molar-refractivity contribution in [2.45, 2.75) is 38.3 Å². The molecule has 3 aromatic rings. The Labute approximate surface area is 183 Å². The average molecular weight is 414 g/mol. The largest absolute Gasteiger partial charge is 0.349 e. The molecule has 0 aliphatic heterocycles. The normalized spacial score (nSPS) is 13.7. The van der Waals surface area contributed by atoms with Crippen molar-refractivity contribution in [1.82, 2.24) is 15.2 Å². The van der Waals surface area contributed by atoms with Crippen LogP contribution in [0.15, 0.2) is 73.1 Å². The molecule has 2 aromatic carbocycles. The van der Waals surface area contributed by atoms with Crippen molar-refractivity contribution in [1.29, 1.82) is 0 Å². The van der Waals surface area contributed by atoms with Crippen molar-refractivity contribution in [2.24, 2.45) is 0 Å². The zero-order chi connectivity index (χ0) is 21.6. The van der Waals surface area contributed by atoms with Crippen LogP contribution in [0.5, 0.6) is 0 Å². The Kier molecular flexibility index (Phi) is 6.41. The van der Waals surface area contributed by atoms with Gasteiger partial charge in [0.2, 0.25) is 0 Å². The molecule has 1 saturated carbocycles. The second-order valence-electron chi connectivity index (χ2n) is 8.13. The number of aromatic nitrogens is 1. The van der Waals surface area contributed by atoms with E-state index >= 15 is 0 Å². The maximum Gasteiger partial charge on any atom is 0.253 e. The lowest BCUT2D eigenvalue weighted by molar-refractivity contribution is 0.0785. The Morgan fingerprint density at radius 2 is 1.61 bits per heavy atom. The number of rotatable bonds is 6. The van der Waals surface area contributed by atoms with E-state index in [9.17, 15) is 9.59 Å². The lowest BCUT2D eigenvalue weighted by Crippen LogP contribution is -2.32. The summed E-state index contributed by atoms with van der Waals surface area (Å²) in [5.41, 5.74) is 4.32. The van der Waals surface area contributed by atoms with E-state index < -0.39 is 0 Å². The second kappa shape index (κ2) is 9.56. The van der Waals surface area contributed by atoms with Crippen LogP contribution in [0.4, 0.5) is 0 Å². The number of nitrogens with one attached hydrogen (secondary N) is 1. The first-order valence-corrected chi connectivity index (χ1v) is 10.8. The third kappa shape index (κ3) is 5.18. The van der Waals surface area contributed by atoms with E-state index in [1.165, 1.54) is 12.8 Å². The molecule has 31 heavy (non-hydrogen) atoms. The second-order valence-corrected chi connectivity index (χ2v) is 8.13. The van der Waals surface area contributed by atoms with E-state index in [1.54, 1.807) is 24.3 Å². The van der Waals surface area contributed by atoms with Gasteiger partial charge in [-0.1, -0.05) is 37.1 Å². The first kappa shape index (κ1) is 20.8. The number of hydrogen-bond acceptors (Lipinski definition) is 3. The summed E-state index contributed by atoms with van der Waals surface area (Å²) in [6.07, 6.45) is 7.99. The minimum absolute atomic E-state index is 0.0329. The molecule has 0 unspecified atom stereocenters. The number of carbonyl (C=O) groups excluding carboxylic acids is 2. The van der Waals surface area contributed by atoms with Gasteiger partial charge in [-0.15, -0.1) is 0 Å². The van der Waals surface area contributed by atoms with Gasteiger partial charge in [-0.3, -0.25) is 14.6 Å². The van der Waals surface area contributed by atoms with Crippen molar-refractivity contribution in [3.8, 4) is 11.1 Å². The summed E-state index contributed by atoms with van der Waals surface area (Å²) in [5, 5.41) is 3.12. The van der Waals surface area contributed by atoms with Crippen LogP contribution in [-0.2, 0) is 6.54 Å². The topological polar surface area (TPSA) is 62.3 Å². The van der Waals surface area contributed by atoms with E-state index in [1.807, 2.05) is 60.7 Å². The Bertz CT molecular complexity index is 1040. The molecular formula is C26H27N3O2. The van der Waals surface area contributed by atoms with Gasteiger partial charge in [0.1, 0.15) is 0 Å². The van der Waals surface area contributed by atoms with Crippen LogP contribution in [0.2, 0.25) is 0 Å².